The van der Waals surface area contributed by atoms with E-state index >= 15 is 0 Å². The molecule has 0 spiro atoms. The average Bonchev–Trinajstić information content (AvgIpc) is 2.65. The second-order valence-electron chi connectivity index (χ2n) is 4.38. The number of aromatic amines is 1. The number of para-hydroxylation sites is 1. The van der Waals surface area contributed by atoms with Crippen LogP contribution in [0.4, 0.5) is 11.4 Å². The largest absolute Gasteiger partial charge is 0.353 e. The minimum atomic E-state index is 0.997. The van der Waals surface area contributed by atoms with Gasteiger partial charge in [0, 0.05) is 16.3 Å². The Balaban J connectivity index is 2.24. The van der Waals surface area contributed by atoms with Crippen LogP contribution in [-0.4, -0.2) is 4.98 Å². The van der Waals surface area contributed by atoms with E-state index in [1.54, 1.807) is 0 Å². The normalized spacial score (nSPS) is 13.0. The summed E-state index contributed by atoms with van der Waals surface area (Å²) in [5, 5.41) is 10.8. The van der Waals surface area contributed by atoms with Gasteiger partial charge in [-0.2, -0.15) is 0 Å². The number of aromatic nitrogens is 1. The van der Waals surface area contributed by atoms with Crippen LogP contribution in [0.3, 0.4) is 0 Å². The molecule has 0 saturated carbocycles. The molecular weight excluding hydrogens is 210 g/mol. The zero-order valence-corrected chi connectivity index (χ0v) is 9.49. The Morgan fingerprint density at radius 3 is 2.65 bits per heavy atom. The SMILES string of the molecule is CCc1cc2c([nH]c3ccccc32)c2c1N=N2. The van der Waals surface area contributed by atoms with Crippen LogP contribution in [0, 0.1) is 0 Å². The Hall–Kier alpha value is -2.16. The lowest BCUT2D eigenvalue weighted by Gasteiger charge is -2.12. The lowest BCUT2D eigenvalue weighted by molar-refractivity contribution is 1.07. The first-order valence-electron chi connectivity index (χ1n) is 5.86. The molecule has 0 atom stereocenters. The smallest absolute Gasteiger partial charge is 0.138 e. The molecular formula is C14H11N3. The van der Waals surface area contributed by atoms with Crippen molar-refractivity contribution in [1.29, 1.82) is 0 Å². The van der Waals surface area contributed by atoms with Crippen molar-refractivity contribution in [1.82, 2.24) is 4.98 Å². The van der Waals surface area contributed by atoms with Gasteiger partial charge in [-0.05, 0) is 24.1 Å². The van der Waals surface area contributed by atoms with E-state index in [9.17, 15) is 0 Å². The number of H-pyrrole nitrogens is 1. The highest BCUT2D eigenvalue weighted by molar-refractivity contribution is 6.13. The van der Waals surface area contributed by atoms with Gasteiger partial charge in [-0.15, -0.1) is 10.2 Å². The number of rotatable bonds is 1. The summed E-state index contributed by atoms with van der Waals surface area (Å²) in [6.07, 6.45) is 0.997. The molecule has 0 bridgehead atoms. The van der Waals surface area contributed by atoms with E-state index in [2.05, 4.69) is 46.4 Å². The first-order valence-corrected chi connectivity index (χ1v) is 5.86. The van der Waals surface area contributed by atoms with Gasteiger partial charge in [0.1, 0.15) is 11.4 Å². The molecule has 0 aliphatic carbocycles. The predicted octanol–water partition coefficient (Wildman–Crippen LogP) is 4.61. The van der Waals surface area contributed by atoms with Gasteiger partial charge in [-0.25, -0.2) is 0 Å². The van der Waals surface area contributed by atoms with Crippen molar-refractivity contribution in [3.05, 3.63) is 35.9 Å². The number of aryl methyl sites for hydroxylation is 1. The Bertz CT molecular complexity index is 781. The van der Waals surface area contributed by atoms with E-state index in [1.807, 2.05) is 6.07 Å². The summed E-state index contributed by atoms with van der Waals surface area (Å²) in [5.41, 5.74) is 5.66. The van der Waals surface area contributed by atoms with Crippen LogP contribution in [0.1, 0.15) is 12.5 Å². The Morgan fingerprint density at radius 2 is 1.88 bits per heavy atom. The van der Waals surface area contributed by atoms with Crippen LogP contribution in [0.5, 0.6) is 0 Å². The van der Waals surface area contributed by atoms with E-state index < -0.39 is 0 Å². The topological polar surface area (TPSA) is 40.5 Å². The molecule has 3 nitrogen and oxygen atoms in total. The van der Waals surface area contributed by atoms with Crippen LogP contribution in [0.2, 0.25) is 0 Å². The summed E-state index contributed by atoms with van der Waals surface area (Å²) >= 11 is 0. The van der Waals surface area contributed by atoms with Gasteiger partial charge >= 0.3 is 0 Å². The Morgan fingerprint density at radius 1 is 1.06 bits per heavy atom. The maximum atomic E-state index is 4.16. The summed E-state index contributed by atoms with van der Waals surface area (Å²) in [5.74, 6) is 0. The van der Waals surface area contributed by atoms with Crippen LogP contribution in [0.25, 0.3) is 21.8 Å². The average molecular weight is 221 g/mol. The number of hydrogen-bond donors (Lipinski definition) is 1. The third kappa shape index (κ3) is 1.01. The molecule has 2 heterocycles. The van der Waals surface area contributed by atoms with E-state index in [-0.39, 0.29) is 0 Å². The molecule has 4 rings (SSSR count). The first-order chi connectivity index (χ1) is 8.38. The summed E-state index contributed by atoms with van der Waals surface area (Å²) in [6, 6.07) is 10.6. The van der Waals surface area contributed by atoms with Crippen LogP contribution < -0.4 is 0 Å². The van der Waals surface area contributed by atoms with Crippen LogP contribution in [-0.2, 0) is 6.42 Å². The third-order valence-corrected chi connectivity index (χ3v) is 3.46. The van der Waals surface area contributed by atoms with Crippen LogP contribution in [0.15, 0.2) is 40.6 Å². The van der Waals surface area contributed by atoms with E-state index in [1.165, 1.54) is 21.9 Å². The number of nitrogens with one attached hydrogen (secondary N) is 1. The number of hydrogen-bond acceptors (Lipinski definition) is 2. The Labute approximate surface area is 98.2 Å². The zero-order valence-electron chi connectivity index (χ0n) is 9.49. The third-order valence-electron chi connectivity index (χ3n) is 3.46. The lowest BCUT2D eigenvalue weighted by Crippen LogP contribution is -1.88. The van der Waals surface area contributed by atoms with Gasteiger partial charge in [0.05, 0.1) is 5.52 Å². The monoisotopic (exact) mass is 221 g/mol. The van der Waals surface area contributed by atoms with Gasteiger partial charge < -0.3 is 4.98 Å². The molecule has 0 saturated heterocycles. The number of benzene rings is 2. The predicted molar refractivity (Wildman–Crippen MR) is 69.4 cm³/mol. The van der Waals surface area contributed by atoms with Crippen LogP contribution >= 0.6 is 0 Å². The summed E-state index contributed by atoms with van der Waals surface area (Å²) in [4.78, 5) is 3.44. The van der Waals surface area contributed by atoms with Crippen molar-refractivity contribution in [3.63, 3.8) is 0 Å². The number of nitrogens with zero attached hydrogens (tertiary/aromatic N) is 2. The molecule has 1 aliphatic rings. The molecule has 17 heavy (non-hydrogen) atoms. The molecule has 2 aromatic carbocycles. The van der Waals surface area contributed by atoms with Crippen molar-refractivity contribution in [2.45, 2.75) is 13.3 Å². The maximum Gasteiger partial charge on any atom is 0.138 e. The lowest BCUT2D eigenvalue weighted by atomic mass is 10.0. The first kappa shape index (κ1) is 8.93. The molecule has 1 N–H and O–H groups in total. The molecule has 1 aromatic heterocycles. The molecule has 0 fully saturated rings. The maximum absolute atomic E-state index is 4.16. The van der Waals surface area contributed by atoms with Crippen molar-refractivity contribution in [2.75, 3.05) is 0 Å². The molecule has 0 unspecified atom stereocenters. The van der Waals surface area contributed by atoms with E-state index in [0.29, 0.717) is 0 Å². The van der Waals surface area contributed by atoms with E-state index in [4.69, 9.17) is 0 Å². The fraction of sp³-hybridized carbons (Fsp3) is 0.143. The van der Waals surface area contributed by atoms with Gasteiger partial charge in [-0.3, -0.25) is 0 Å². The number of azo groups is 1. The summed E-state index contributed by atoms with van der Waals surface area (Å²) < 4.78 is 0. The summed E-state index contributed by atoms with van der Waals surface area (Å²) in [7, 11) is 0. The minimum Gasteiger partial charge on any atom is -0.353 e. The fourth-order valence-corrected chi connectivity index (χ4v) is 2.55. The molecule has 0 amide bonds. The van der Waals surface area contributed by atoms with Gasteiger partial charge in [0.25, 0.3) is 0 Å². The second-order valence-corrected chi connectivity index (χ2v) is 4.38. The highest BCUT2D eigenvalue weighted by Crippen LogP contribution is 2.47. The van der Waals surface area contributed by atoms with Gasteiger partial charge in [0.2, 0.25) is 0 Å². The summed E-state index contributed by atoms with van der Waals surface area (Å²) in [6.45, 7) is 2.16. The minimum absolute atomic E-state index is 0.997. The molecule has 3 heteroatoms. The van der Waals surface area contributed by atoms with Crippen molar-refractivity contribution >= 4 is 33.2 Å². The molecule has 3 aromatic rings. The fourth-order valence-electron chi connectivity index (χ4n) is 2.55. The van der Waals surface area contributed by atoms with E-state index in [0.717, 1.165) is 23.3 Å². The number of fused-ring (bicyclic) bond motifs is 5. The molecule has 82 valence electrons. The van der Waals surface area contributed by atoms with Crippen molar-refractivity contribution in [2.24, 2.45) is 10.2 Å². The Kier molecular flexibility index (Phi) is 1.55. The molecule has 1 aliphatic heterocycles. The van der Waals surface area contributed by atoms with Gasteiger partial charge in [0.15, 0.2) is 0 Å². The highest BCUT2D eigenvalue weighted by Gasteiger charge is 2.20. The van der Waals surface area contributed by atoms with Crippen molar-refractivity contribution < 1.29 is 0 Å². The van der Waals surface area contributed by atoms with Gasteiger partial charge in [-0.1, -0.05) is 25.1 Å². The van der Waals surface area contributed by atoms with Crippen molar-refractivity contribution in [3.8, 4) is 0 Å². The highest BCUT2D eigenvalue weighted by atomic mass is 15.2. The standard InChI is InChI=1S/C14H11N3/c1-2-8-7-10-9-5-3-4-6-11(9)15-13(10)14-12(8)16-17-14/h3-7,15H,2H2,1H3. The molecule has 0 radical (unpaired) electrons. The zero-order chi connectivity index (χ0) is 11.4. The quantitative estimate of drug-likeness (QED) is 0.487. The second kappa shape index (κ2) is 2.94.